The Morgan fingerprint density at radius 1 is 1.28 bits per heavy atom. The molecule has 0 aliphatic heterocycles. The number of hydrogen-bond acceptors (Lipinski definition) is 7. The Labute approximate surface area is 145 Å². The van der Waals surface area contributed by atoms with Gasteiger partial charge in [0.25, 0.3) is 5.69 Å². The molecule has 0 aromatic heterocycles. The number of carbonyl (C=O) groups excluding carboxylic acids is 2. The van der Waals surface area contributed by atoms with Crippen LogP contribution in [0.3, 0.4) is 0 Å². The molecule has 138 valence electrons. The van der Waals surface area contributed by atoms with E-state index in [9.17, 15) is 19.7 Å². The summed E-state index contributed by atoms with van der Waals surface area (Å²) in [6, 6.07) is 3.11. The van der Waals surface area contributed by atoms with Gasteiger partial charge in [0, 0.05) is 12.0 Å². The van der Waals surface area contributed by atoms with Crippen LogP contribution < -0.4 is 10.1 Å². The fourth-order valence-electron chi connectivity index (χ4n) is 2.02. The van der Waals surface area contributed by atoms with Gasteiger partial charge in [0.2, 0.25) is 0 Å². The number of esters is 1. The molecule has 0 saturated carbocycles. The topological polar surface area (TPSA) is 117 Å². The minimum Gasteiger partial charge on any atom is -0.497 e. The SMILES string of the molecule is COC(=O)[C@@H](Cc1ccc(OC)cc1[N+](=O)[O-])NC(=O)OC(C)(C)C. The lowest BCUT2D eigenvalue weighted by Crippen LogP contribution is -2.45. The normalized spacial score (nSPS) is 12.0. The van der Waals surface area contributed by atoms with Crippen LogP contribution in [0.5, 0.6) is 5.75 Å². The number of nitrogens with one attached hydrogen (secondary N) is 1. The molecule has 0 aliphatic rings. The molecule has 25 heavy (non-hydrogen) atoms. The predicted octanol–water partition coefficient (Wildman–Crippen LogP) is 2.21. The second-order valence-corrected chi connectivity index (χ2v) is 6.18. The molecule has 9 nitrogen and oxygen atoms in total. The number of amides is 1. The highest BCUT2D eigenvalue weighted by atomic mass is 16.6. The first-order valence-corrected chi connectivity index (χ1v) is 7.46. The zero-order valence-corrected chi connectivity index (χ0v) is 14.8. The second kappa shape index (κ2) is 8.32. The molecule has 1 rings (SSSR count). The van der Waals surface area contributed by atoms with Crippen LogP contribution >= 0.6 is 0 Å². The van der Waals surface area contributed by atoms with E-state index in [4.69, 9.17) is 9.47 Å². The lowest BCUT2D eigenvalue weighted by molar-refractivity contribution is -0.385. The minimum atomic E-state index is -1.13. The average molecular weight is 354 g/mol. The lowest BCUT2D eigenvalue weighted by atomic mass is 10.0. The smallest absolute Gasteiger partial charge is 0.408 e. The number of nitrogens with zero attached hydrogens (tertiary/aromatic N) is 1. The number of nitro groups is 1. The molecular weight excluding hydrogens is 332 g/mol. The van der Waals surface area contributed by atoms with Crippen molar-refractivity contribution in [3.8, 4) is 5.75 Å². The Hall–Kier alpha value is -2.84. The fourth-order valence-corrected chi connectivity index (χ4v) is 2.02. The first-order valence-electron chi connectivity index (χ1n) is 7.46. The molecular formula is C16H22N2O7. The first-order chi connectivity index (χ1) is 11.6. The zero-order chi connectivity index (χ0) is 19.2. The summed E-state index contributed by atoms with van der Waals surface area (Å²) in [4.78, 5) is 34.5. The maximum absolute atomic E-state index is 11.9. The van der Waals surface area contributed by atoms with E-state index in [1.165, 1.54) is 25.3 Å². The van der Waals surface area contributed by atoms with Crippen molar-refractivity contribution in [2.45, 2.75) is 38.8 Å². The monoisotopic (exact) mass is 354 g/mol. The molecule has 1 N–H and O–H groups in total. The molecule has 0 fully saturated rings. The van der Waals surface area contributed by atoms with Gasteiger partial charge in [-0.1, -0.05) is 0 Å². The Morgan fingerprint density at radius 2 is 1.92 bits per heavy atom. The van der Waals surface area contributed by atoms with Crippen molar-refractivity contribution < 1.29 is 28.7 Å². The number of benzene rings is 1. The Balaban J connectivity index is 3.05. The standard InChI is InChI=1S/C16H22N2O7/c1-16(2,3)25-15(20)17-12(14(19)24-5)8-10-6-7-11(23-4)9-13(10)18(21)22/h6-7,9,12H,8H2,1-5H3,(H,17,20)/t12-/m1/s1. The molecule has 0 radical (unpaired) electrons. The molecule has 0 bridgehead atoms. The van der Waals surface area contributed by atoms with Gasteiger partial charge in [-0.25, -0.2) is 9.59 Å². The third-order valence-corrected chi connectivity index (χ3v) is 3.09. The molecule has 0 unspecified atom stereocenters. The molecule has 0 heterocycles. The van der Waals surface area contributed by atoms with E-state index in [0.717, 1.165) is 7.11 Å². The quantitative estimate of drug-likeness (QED) is 0.473. The van der Waals surface area contributed by atoms with Crippen molar-refractivity contribution in [2.75, 3.05) is 14.2 Å². The van der Waals surface area contributed by atoms with Crippen molar-refractivity contribution in [1.82, 2.24) is 5.32 Å². The van der Waals surface area contributed by atoms with Crippen LogP contribution in [0.25, 0.3) is 0 Å². The minimum absolute atomic E-state index is 0.133. The summed E-state index contributed by atoms with van der Waals surface area (Å²) in [6.45, 7) is 5.02. The van der Waals surface area contributed by atoms with Crippen LogP contribution in [-0.2, 0) is 20.7 Å². The third kappa shape index (κ3) is 6.28. The third-order valence-electron chi connectivity index (χ3n) is 3.09. The van der Waals surface area contributed by atoms with Gasteiger partial charge < -0.3 is 19.5 Å². The fraction of sp³-hybridized carbons (Fsp3) is 0.500. The van der Waals surface area contributed by atoms with Crippen LogP contribution in [0.1, 0.15) is 26.3 Å². The number of methoxy groups -OCH3 is 2. The Morgan fingerprint density at radius 3 is 2.40 bits per heavy atom. The van der Waals surface area contributed by atoms with E-state index in [-0.39, 0.29) is 17.7 Å². The molecule has 0 spiro atoms. The molecule has 1 atom stereocenters. The summed E-state index contributed by atoms with van der Waals surface area (Å²) in [6.07, 6.45) is -0.953. The van der Waals surface area contributed by atoms with Gasteiger partial charge in [-0.05, 0) is 32.9 Å². The van der Waals surface area contributed by atoms with E-state index in [1.807, 2.05) is 0 Å². The van der Waals surface area contributed by atoms with Gasteiger partial charge in [0.05, 0.1) is 25.2 Å². The van der Waals surface area contributed by atoms with E-state index >= 15 is 0 Å². The van der Waals surface area contributed by atoms with Crippen molar-refractivity contribution in [2.24, 2.45) is 0 Å². The number of hydrogen-bond donors (Lipinski definition) is 1. The zero-order valence-electron chi connectivity index (χ0n) is 14.8. The summed E-state index contributed by atoms with van der Waals surface area (Å²) >= 11 is 0. The summed E-state index contributed by atoms with van der Waals surface area (Å²) in [5.41, 5.74) is -0.729. The maximum atomic E-state index is 11.9. The van der Waals surface area contributed by atoms with Gasteiger partial charge in [-0.15, -0.1) is 0 Å². The van der Waals surface area contributed by atoms with Crippen LogP contribution in [0, 0.1) is 10.1 Å². The number of carbonyl (C=O) groups is 2. The molecule has 1 amide bonds. The predicted molar refractivity (Wildman–Crippen MR) is 88.5 cm³/mol. The van der Waals surface area contributed by atoms with Crippen LogP contribution in [0.4, 0.5) is 10.5 Å². The van der Waals surface area contributed by atoms with Crippen molar-refractivity contribution in [1.29, 1.82) is 0 Å². The van der Waals surface area contributed by atoms with Crippen molar-refractivity contribution in [3.05, 3.63) is 33.9 Å². The average Bonchev–Trinajstić information content (AvgIpc) is 2.51. The highest BCUT2D eigenvalue weighted by Gasteiger charge is 2.28. The number of rotatable bonds is 6. The molecule has 9 heteroatoms. The highest BCUT2D eigenvalue weighted by molar-refractivity contribution is 5.82. The van der Waals surface area contributed by atoms with Gasteiger partial charge >= 0.3 is 12.1 Å². The van der Waals surface area contributed by atoms with E-state index < -0.39 is 28.6 Å². The van der Waals surface area contributed by atoms with E-state index in [2.05, 4.69) is 10.1 Å². The van der Waals surface area contributed by atoms with Crippen LogP contribution in [-0.4, -0.2) is 42.8 Å². The van der Waals surface area contributed by atoms with Gasteiger partial charge in [0.15, 0.2) is 0 Å². The maximum Gasteiger partial charge on any atom is 0.408 e. The summed E-state index contributed by atoms with van der Waals surface area (Å²) in [5.74, 6) is -0.429. The van der Waals surface area contributed by atoms with Crippen LogP contribution in [0.15, 0.2) is 18.2 Å². The largest absolute Gasteiger partial charge is 0.497 e. The highest BCUT2D eigenvalue weighted by Crippen LogP contribution is 2.26. The molecule has 0 saturated heterocycles. The van der Waals surface area contributed by atoms with Crippen LogP contribution in [0.2, 0.25) is 0 Å². The molecule has 1 aromatic carbocycles. The Bertz CT molecular complexity index is 652. The second-order valence-electron chi connectivity index (χ2n) is 6.18. The molecule has 1 aromatic rings. The van der Waals surface area contributed by atoms with Gasteiger partial charge in [-0.2, -0.15) is 0 Å². The van der Waals surface area contributed by atoms with E-state index in [1.54, 1.807) is 20.8 Å². The number of alkyl carbamates (subject to hydrolysis) is 1. The van der Waals surface area contributed by atoms with E-state index in [0.29, 0.717) is 5.75 Å². The summed E-state index contributed by atoms with van der Waals surface area (Å²) < 4.78 is 14.7. The lowest BCUT2D eigenvalue weighted by Gasteiger charge is -2.22. The Kier molecular flexibility index (Phi) is 6.72. The van der Waals surface area contributed by atoms with Crippen molar-refractivity contribution in [3.63, 3.8) is 0 Å². The number of ether oxygens (including phenoxy) is 3. The van der Waals surface area contributed by atoms with Gasteiger partial charge in [-0.3, -0.25) is 10.1 Å². The molecule has 0 aliphatic carbocycles. The summed E-state index contributed by atoms with van der Waals surface area (Å²) in [5, 5.41) is 13.6. The van der Waals surface area contributed by atoms with Gasteiger partial charge in [0.1, 0.15) is 17.4 Å². The van der Waals surface area contributed by atoms with Crippen molar-refractivity contribution >= 4 is 17.7 Å². The number of nitro benzene ring substituents is 1. The summed E-state index contributed by atoms with van der Waals surface area (Å²) in [7, 11) is 2.55. The first kappa shape index (κ1) is 20.2.